The lowest BCUT2D eigenvalue weighted by molar-refractivity contribution is -0.142. The molecular weight excluding hydrogens is 114 g/mol. The number of Topliss-reactive ketones (excluding diaryl/α,β-unsaturated/α-hetero) is 1. The fourth-order valence-corrected chi connectivity index (χ4v) is 1.90. The van der Waals surface area contributed by atoms with Crippen LogP contribution >= 0.6 is 0 Å². The van der Waals surface area contributed by atoms with Crippen LogP contribution in [0.1, 0.15) is 6.42 Å². The highest BCUT2D eigenvalue weighted by Crippen LogP contribution is 2.34. The Balaban J connectivity index is 2.09. The molecule has 3 aliphatic rings. The van der Waals surface area contributed by atoms with E-state index in [9.17, 15) is 4.79 Å². The van der Waals surface area contributed by atoms with Crippen molar-refractivity contribution in [1.82, 2.24) is 4.90 Å². The minimum Gasteiger partial charge on any atom is -0.305 e. The smallest absolute Gasteiger partial charge is 0.141 e. The normalized spacial score (nSPS) is 42.6. The van der Waals surface area contributed by atoms with E-state index in [1.165, 1.54) is 6.42 Å². The maximum atomic E-state index is 11.0. The summed E-state index contributed by atoms with van der Waals surface area (Å²) in [5.74, 6) is 1.34. The third-order valence-electron chi connectivity index (χ3n) is 2.44. The highest BCUT2D eigenvalue weighted by molar-refractivity contribution is 5.90. The van der Waals surface area contributed by atoms with Gasteiger partial charge in [0.05, 0.1) is 0 Å². The molecule has 2 bridgehead atoms. The Morgan fingerprint density at radius 3 is 2.33 bits per heavy atom. The summed E-state index contributed by atoms with van der Waals surface area (Å²) in [4.78, 5) is 13.2. The summed E-state index contributed by atoms with van der Waals surface area (Å²) in [6, 6.07) is 0. The molecule has 0 radical (unpaired) electrons. The average Bonchev–Trinajstić information content (AvgIpc) is 1.87. The van der Waals surface area contributed by atoms with E-state index in [-0.39, 0.29) is 0 Å². The maximum Gasteiger partial charge on any atom is 0.141 e. The Labute approximate surface area is 54.8 Å². The highest BCUT2D eigenvalue weighted by Gasteiger charge is 2.44. The van der Waals surface area contributed by atoms with Gasteiger partial charge in [0, 0.05) is 24.9 Å². The number of hydrogen-bond donors (Lipinski definition) is 0. The van der Waals surface area contributed by atoms with Crippen molar-refractivity contribution < 1.29 is 4.79 Å². The number of rotatable bonds is 0. The molecule has 1 saturated carbocycles. The van der Waals surface area contributed by atoms with Crippen LogP contribution in [0, 0.1) is 11.8 Å². The van der Waals surface area contributed by atoms with Crippen LogP contribution in [0.15, 0.2) is 0 Å². The first-order chi connectivity index (χ1) is 4.27. The van der Waals surface area contributed by atoms with Crippen LogP contribution in [-0.4, -0.2) is 30.8 Å². The number of nitrogens with zero attached hydrogens (tertiary/aromatic N) is 1. The van der Waals surface area contributed by atoms with E-state index in [1.54, 1.807) is 0 Å². The Morgan fingerprint density at radius 1 is 1.44 bits per heavy atom. The Kier molecular flexibility index (Phi) is 0.943. The second-order valence-electron chi connectivity index (χ2n) is 3.25. The molecule has 50 valence electrons. The molecule has 0 N–H and O–H groups in total. The van der Waals surface area contributed by atoms with Crippen LogP contribution in [0.3, 0.4) is 0 Å². The number of ketones is 1. The second kappa shape index (κ2) is 1.57. The molecule has 0 aromatic heterocycles. The molecule has 1 aliphatic carbocycles. The molecular formula is C7H11NO. The van der Waals surface area contributed by atoms with Gasteiger partial charge in [-0.25, -0.2) is 0 Å². The van der Waals surface area contributed by atoms with Crippen molar-refractivity contribution in [3.63, 3.8) is 0 Å². The molecule has 2 heteroatoms. The van der Waals surface area contributed by atoms with Crippen molar-refractivity contribution >= 4 is 5.78 Å². The van der Waals surface area contributed by atoms with E-state index in [0.717, 1.165) is 13.1 Å². The molecule has 2 aliphatic heterocycles. The molecule has 2 saturated heterocycles. The minimum atomic E-state index is 0.411. The zero-order valence-electron chi connectivity index (χ0n) is 5.63. The lowest BCUT2D eigenvalue weighted by Gasteiger charge is -2.43. The summed E-state index contributed by atoms with van der Waals surface area (Å²) >= 11 is 0. The summed E-state index contributed by atoms with van der Waals surface area (Å²) < 4.78 is 0. The standard InChI is InChI=1S/C7H11NO/c1-8-3-5-2-6(4-8)7(5)9/h5-6H,2-4H2,1H3/t5-,6+. The van der Waals surface area contributed by atoms with Gasteiger partial charge in [-0.05, 0) is 13.5 Å². The van der Waals surface area contributed by atoms with E-state index in [2.05, 4.69) is 11.9 Å². The summed E-state index contributed by atoms with van der Waals surface area (Å²) in [5, 5.41) is 0. The molecule has 0 aromatic carbocycles. The SMILES string of the molecule is CN1C[C@H]2C[C@@H](C1)C2=O. The molecule has 9 heavy (non-hydrogen) atoms. The van der Waals surface area contributed by atoms with Crippen LogP contribution in [-0.2, 0) is 4.79 Å². The molecule has 3 rings (SSSR count). The van der Waals surface area contributed by atoms with Crippen LogP contribution in [0.5, 0.6) is 0 Å². The van der Waals surface area contributed by atoms with Crippen molar-refractivity contribution in [2.75, 3.05) is 20.1 Å². The summed E-state index contributed by atoms with van der Waals surface area (Å²) in [6.07, 6.45) is 1.17. The van der Waals surface area contributed by atoms with Gasteiger partial charge >= 0.3 is 0 Å². The lowest BCUT2D eigenvalue weighted by atomic mass is 9.70. The van der Waals surface area contributed by atoms with Crippen LogP contribution in [0.4, 0.5) is 0 Å². The van der Waals surface area contributed by atoms with E-state index in [1.807, 2.05) is 0 Å². The van der Waals surface area contributed by atoms with Gasteiger partial charge in [0.2, 0.25) is 0 Å². The summed E-state index contributed by atoms with van der Waals surface area (Å²) in [6.45, 7) is 2.02. The minimum absolute atomic E-state index is 0.411. The lowest BCUT2D eigenvalue weighted by Crippen LogP contribution is -2.54. The number of piperidine rings is 2. The molecule has 2 atom stereocenters. The maximum absolute atomic E-state index is 11.0. The molecule has 2 nitrogen and oxygen atoms in total. The van der Waals surface area contributed by atoms with Crippen molar-refractivity contribution in [1.29, 1.82) is 0 Å². The largest absolute Gasteiger partial charge is 0.305 e. The van der Waals surface area contributed by atoms with E-state index < -0.39 is 0 Å². The van der Waals surface area contributed by atoms with Crippen molar-refractivity contribution in [2.24, 2.45) is 11.8 Å². The van der Waals surface area contributed by atoms with Gasteiger partial charge in [-0.3, -0.25) is 4.79 Å². The van der Waals surface area contributed by atoms with E-state index in [4.69, 9.17) is 0 Å². The summed E-state index contributed by atoms with van der Waals surface area (Å²) in [5.41, 5.74) is 0. The molecule has 0 amide bonds. The average molecular weight is 125 g/mol. The number of hydrogen-bond acceptors (Lipinski definition) is 2. The predicted molar refractivity (Wildman–Crippen MR) is 34.1 cm³/mol. The van der Waals surface area contributed by atoms with Gasteiger partial charge in [0.25, 0.3) is 0 Å². The first-order valence-corrected chi connectivity index (χ1v) is 3.49. The molecule has 0 unspecified atom stereocenters. The Morgan fingerprint density at radius 2 is 2.00 bits per heavy atom. The first-order valence-electron chi connectivity index (χ1n) is 3.49. The third kappa shape index (κ3) is 0.628. The number of carbonyl (C=O) groups excluding carboxylic acids is 1. The van der Waals surface area contributed by atoms with Crippen LogP contribution in [0.2, 0.25) is 0 Å². The highest BCUT2D eigenvalue weighted by atomic mass is 16.1. The Hall–Kier alpha value is -0.370. The van der Waals surface area contributed by atoms with E-state index >= 15 is 0 Å². The van der Waals surface area contributed by atoms with Crippen molar-refractivity contribution in [3.05, 3.63) is 0 Å². The van der Waals surface area contributed by atoms with Gasteiger partial charge < -0.3 is 4.90 Å². The van der Waals surface area contributed by atoms with Crippen LogP contribution < -0.4 is 0 Å². The number of fused-ring (bicyclic) bond motifs is 2. The quantitative estimate of drug-likeness (QED) is 0.459. The van der Waals surface area contributed by atoms with Gasteiger partial charge in [-0.2, -0.15) is 0 Å². The molecule has 0 spiro atoms. The van der Waals surface area contributed by atoms with Crippen molar-refractivity contribution in [3.8, 4) is 0 Å². The predicted octanol–water partition coefficient (Wildman–Crippen LogP) is 0.137. The van der Waals surface area contributed by atoms with Crippen molar-refractivity contribution in [2.45, 2.75) is 6.42 Å². The van der Waals surface area contributed by atoms with Gasteiger partial charge in [0.1, 0.15) is 5.78 Å². The van der Waals surface area contributed by atoms with Gasteiger partial charge in [0.15, 0.2) is 0 Å². The molecule has 0 aromatic rings. The molecule has 3 fully saturated rings. The first kappa shape index (κ1) is 5.42. The van der Waals surface area contributed by atoms with Gasteiger partial charge in [-0.15, -0.1) is 0 Å². The zero-order valence-corrected chi connectivity index (χ0v) is 5.63. The van der Waals surface area contributed by atoms with E-state index in [0.29, 0.717) is 17.6 Å². The monoisotopic (exact) mass is 125 g/mol. The third-order valence-corrected chi connectivity index (χ3v) is 2.44. The second-order valence-corrected chi connectivity index (χ2v) is 3.25. The van der Waals surface area contributed by atoms with Crippen LogP contribution in [0.25, 0.3) is 0 Å². The zero-order chi connectivity index (χ0) is 6.43. The fraction of sp³-hybridized carbons (Fsp3) is 0.857. The topological polar surface area (TPSA) is 20.3 Å². The van der Waals surface area contributed by atoms with Gasteiger partial charge in [-0.1, -0.05) is 0 Å². The fourth-order valence-electron chi connectivity index (χ4n) is 1.90. The summed E-state index contributed by atoms with van der Waals surface area (Å²) in [7, 11) is 2.09. The Bertz CT molecular complexity index is 141. The molecule has 2 heterocycles. The number of carbonyl (C=O) groups is 1.